The van der Waals surface area contributed by atoms with Crippen LogP contribution in [0.1, 0.15) is 17.2 Å². The number of piperazine rings is 1. The fraction of sp³-hybridized carbons (Fsp3) is 0.389. The number of benzene rings is 1. The van der Waals surface area contributed by atoms with Crippen LogP contribution in [0.25, 0.3) is 0 Å². The first-order valence-electron chi connectivity index (χ1n) is 8.44. The Morgan fingerprint density at radius 1 is 1.38 bits per heavy atom. The summed E-state index contributed by atoms with van der Waals surface area (Å²) < 4.78 is 14.9. The van der Waals surface area contributed by atoms with Crippen molar-refractivity contribution in [3.8, 4) is 0 Å². The van der Waals surface area contributed by atoms with E-state index in [0.717, 1.165) is 11.1 Å². The lowest BCUT2D eigenvalue weighted by molar-refractivity contribution is -0.146. The van der Waals surface area contributed by atoms with Gasteiger partial charge in [-0.05, 0) is 24.7 Å². The number of rotatable bonds is 5. The zero-order valence-corrected chi connectivity index (χ0v) is 14.9. The van der Waals surface area contributed by atoms with E-state index in [4.69, 9.17) is 0 Å². The molecule has 2 aromatic rings. The molecular weight excluding hydrogens is 337 g/mol. The number of amides is 2. The van der Waals surface area contributed by atoms with E-state index in [1.807, 2.05) is 0 Å². The monoisotopic (exact) mass is 359 g/mol. The van der Waals surface area contributed by atoms with Gasteiger partial charge in [-0.3, -0.25) is 14.3 Å². The Hall–Kier alpha value is -2.74. The molecule has 0 aliphatic carbocycles. The van der Waals surface area contributed by atoms with Crippen LogP contribution >= 0.6 is 0 Å². The first-order valence-corrected chi connectivity index (χ1v) is 8.44. The van der Waals surface area contributed by atoms with Gasteiger partial charge in [0.05, 0.1) is 12.7 Å². The number of hydrogen-bond acceptors (Lipinski definition) is 4. The molecule has 1 atom stereocenters. The lowest BCUT2D eigenvalue weighted by Crippen LogP contribution is -2.53. The van der Waals surface area contributed by atoms with Crippen LogP contribution in [-0.2, 0) is 23.2 Å². The SMILES string of the molecule is CNC(C(=O)N1CCN(Cc2cccc(F)c2)C(=O)C1)c1cnn(C)c1. The zero-order valence-electron chi connectivity index (χ0n) is 14.9. The molecule has 0 spiro atoms. The minimum Gasteiger partial charge on any atom is -0.335 e. The highest BCUT2D eigenvalue weighted by molar-refractivity contribution is 5.89. The molecule has 3 rings (SSSR count). The zero-order chi connectivity index (χ0) is 18.7. The number of likely N-dealkylation sites (N-methyl/N-ethyl adjacent to an activating group) is 1. The maximum Gasteiger partial charge on any atom is 0.244 e. The minimum atomic E-state index is -0.536. The van der Waals surface area contributed by atoms with Crippen molar-refractivity contribution in [3.05, 3.63) is 53.6 Å². The molecular formula is C18H22FN5O2. The van der Waals surface area contributed by atoms with E-state index in [1.165, 1.54) is 12.1 Å². The van der Waals surface area contributed by atoms with E-state index in [2.05, 4.69) is 10.4 Å². The normalized spacial score (nSPS) is 16.0. The lowest BCUT2D eigenvalue weighted by atomic mass is 10.1. The van der Waals surface area contributed by atoms with Gasteiger partial charge in [0.15, 0.2) is 0 Å². The van der Waals surface area contributed by atoms with Gasteiger partial charge >= 0.3 is 0 Å². The molecule has 1 aliphatic rings. The predicted molar refractivity (Wildman–Crippen MR) is 93.4 cm³/mol. The molecule has 0 radical (unpaired) electrons. The topological polar surface area (TPSA) is 70.5 Å². The van der Waals surface area contributed by atoms with Gasteiger partial charge in [-0.1, -0.05) is 12.1 Å². The fourth-order valence-electron chi connectivity index (χ4n) is 3.12. The lowest BCUT2D eigenvalue weighted by Gasteiger charge is -2.36. The van der Waals surface area contributed by atoms with Crippen molar-refractivity contribution < 1.29 is 14.0 Å². The van der Waals surface area contributed by atoms with Gasteiger partial charge in [-0.15, -0.1) is 0 Å². The van der Waals surface area contributed by atoms with E-state index in [9.17, 15) is 14.0 Å². The molecule has 2 amide bonds. The highest BCUT2D eigenvalue weighted by Crippen LogP contribution is 2.17. The van der Waals surface area contributed by atoms with E-state index in [-0.39, 0.29) is 24.2 Å². The van der Waals surface area contributed by atoms with Gasteiger partial charge in [0, 0.05) is 38.4 Å². The van der Waals surface area contributed by atoms with E-state index < -0.39 is 6.04 Å². The average molecular weight is 359 g/mol. The third kappa shape index (κ3) is 3.91. The molecule has 1 N–H and O–H groups in total. The molecule has 1 aliphatic heterocycles. The predicted octanol–water partition coefficient (Wildman–Crippen LogP) is 0.691. The van der Waals surface area contributed by atoms with Crippen LogP contribution in [0.3, 0.4) is 0 Å². The molecule has 7 nitrogen and oxygen atoms in total. The summed E-state index contributed by atoms with van der Waals surface area (Å²) in [6, 6.07) is 5.67. The molecule has 1 saturated heterocycles. The number of aryl methyl sites for hydroxylation is 1. The Morgan fingerprint density at radius 3 is 2.81 bits per heavy atom. The maximum absolute atomic E-state index is 13.3. The maximum atomic E-state index is 13.3. The Morgan fingerprint density at radius 2 is 2.19 bits per heavy atom. The van der Waals surface area contributed by atoms with E-state index >= 15 is 0 Å². The van der Waals surface area contributed by atoms with Crippen LogP contribution in [-0.4, -0.2) is 58.1 Å². The summed E-state index contributed by atoms with van der Waals surface area (Å²) in [7, 11) is 3.49. The largest absolute Gasteiger partial charge is 0.335 e. The summed E-state index contributed by atoms with van der Waals surface area (Å²) in [6.07, 6.45) is 3.42. The van der Waals surface area contributed by atoms with Gasteiger partial charge < -0.3 is 15.1 Å². The van der Waals surface area contributed by atoms with Crippen molar-refractivity contribution >= 4 is 11.8 Å². The summed E-state index contributed by atoms with van der Waals surface area (Å²) in [4.78, 5) is 28.5. The second-order valence-corrected chi connectivity index (χ2v) is 6.37. The Kier molecular flexibility index (Phi) is 5.32. The Balaban J connectivity index is 1.64. The first kappa shape index (κ1) is 18.1. The summed E-state index contributed by atoms with van der Waals surface area (Å²) >= 11 is 0. The van der Waals surface area contributed by atoms with Crippen LogP contribution in [0.4, 0.5) is 4.39 Å². The molecule has 2 heterocycles. The number of carbonyl (C=O) groups is 2. The standard InChI is InChI=1S/C18H22FN5O2/c1-20-17(14-9-21-22(2)11-14)18(26)24-7-6-23(16(25)12-24)10-13-4-3-5-15(19)8-13/h3-5,8-9,11,17,20H,6-7,10,12H2,1-2H3. The van der Waals surface area contributed by atoms with Crippen LogP contribution in [0.15, 0.2) is 36.7 Å². The molecule has 8 heteroatoms. The highest BCUT2D eigenvalue weighted by Gasteiger charge is 2.31. The Labute approximate surface area is 151 Å². The number of nitrogens with one attached hydrogen (secondary N) is 1. The summed E-state index contributed by atoms with van der Waals surface area (Å²) in [5, 5.41) is 7.08. The van der Waals surface area contributed by atoms with Crippen molar-refractivity contribution in [2.45, 2.75) is 12.6 Å². The third-order valence-corrected chi connectivity index (χ3v) is 4.49. The van der Waals surface area contributed by atoms with E-state index in [1.54, 1.807) is 53.1 Å². The minimum absolute atomic E-state index is 0.0204. The molecule has 0 saturated carbocycles. The molecule has 1 aromatic carbocycles. The molecule has 138 valence electrons. The van der Waals surface area contributed by atoms with Crippen LogP contribution in [0.5, 0.6) is 0 Å². The van der Waals surface area contributed by atoms with Crippen molar-refractivity contribution in [3.63, 3.8) is 0 Å². The molecule has 0 bridgehead atoms. The van der Waals surface area contributed by atoms with Crippen molar-refractivity contribution in [1.29, 1.82) is 0 Å². The number of halogens is 1. The Bertz CT molecular complexity index is 806. The van der Waals surface area contributed by atoms with Crippen LogP contribution in [0, 0.1) is 5.82 Å². The van der Waals surface area contributed by atoms with Gasteiger partial charge in [0.1, 0.15) is 11.9 Å². The van der Waals surface area contributed by atoms with Gasteiger partial charge in [-0.25, -0.2) is 4.39 Å². The molecule has 26 heavy (non-hydrogen) atoms. The molecule has 1 aromatic heterocycles. The second kappa shape index (κ2) is 7.65. The first-order chi connectivity index (χ1) is 12.5. The van der Waals surface area contributed by atoms with Gasteiger partial charge in [0.2, 0.25) is 11.8 Å². The fourth-order valence-corrected chi connectivity index (χ4v) is 3.12. The van der Waals surface area contributed by atoms with Gasteiger partial charge in [0.25, 0.3) is 0 Å². The van der Waals surface area contributed by atoms with Crippen molar-refractivity contribution in [1.82, 2.24) is 24.9 Å². The molecule has 1 fully saturated rings. The summed E-state index contributed by atoms with van der Waals surface area (Å²) in [6.45, 7) is 1.23. The number of nitrogens with zero attached hydrogens (tertiary/aromatic N) is 4. The van der Waals surface area contributed by atoms with Crippen molar-refractivity contribution in [2.75, 3.05) is 26.7 Å². The smallest absolute Gasteiger partial charge is 0.244 e. The highest BCUT2D eigenvalue weighted by atomic mass is 19.1. The third-order valence-electron chi connectivity index (χ3n) is 4.49. The summed E-state index contributed by atoms with van der Waals surface area (Å²) in [5.74, 6) is -0.619. The van der Waals surface area contributed by atoms with Gasteiger partial charge in [-0.2, -0.15) is 5.10 Å². The van der Waals surface area contributed by atoms with Crippen molar-refractivity contribution in [2.24, 2.45) is 7.05 Å². The second-order valence-electron chi connectivity index (χ2n) is 6.37. The van der Waals surface area contributed by atoms with E-state index in [0.29, 0.717) is 19.6 Å². The number of carbonyl (C=O) groups excluding carboxylic acids is 2. The number of hydrogen-bond donors (Lipinski definition) is 1. The quantitative estimate of drug-likeness (QED) is 0.853. The van der Waals surface area contributed by atoms with Crippen LogP contribution in [0.2, 0.25) is 0 Å². The molecule has 1 unspecified atom stereocenters. The average Bonchev–Trinajstić information content (AvgIpc) is 3.03. The summed E-state index contributed by atoms with van der Waals surface area (Å²) in [5.41, 5.74) is 1.50. The van der Waals surface area contributed by atoms with Crippen LogP contribution < -0.4 is 5.32 Å². The number of aromatic nitrogens is 2.